The van der Waals surface area contributed by atoms with Crippen LogP contribution in [0.3, 0.4) is 0 Å². The molecule has 3 rings (SSSR count). The largest absolute Gasteiger partial charge is 0.465 e. The Morgan fingerprint density at radius 2 is 1.48 bits per heavy atom. The molecule has 2 fully saturated rings. The molecule has 3 atom stereocenters. The molecule has 0 N–H and O–H groups in total. The zero-order valence-corrected chi connectivity index (χ0v) is 16.9. The van der Waals surface area contributed by atoms with E-state index in [1.165, 1.54) is 0 Å². The lowest BCUT2D eigenvalue weighted by Gasteiger charge is -2.52. The van der Waals surface area contributed by atoms with Crippen molar-refractivity contribution in [2.75, 3.05) is 19.8 Å². The predicted molar refractivity (Wildman–Crippen MR) is 101 cm³/mol. The third-order valence-corrected chi connectivity index (χ3v) is 6.31. The molecule has 0 amide bonds. The van der Waals surface area contributed by atoms with Crippen molar-refractivity contribution < 1.29 is 28.6 Å². The number of benzene rings is 1. The van der Waals surface area contributed by atoms with Gasteiger partial charge in [-0.15, -0.1) is 0 Å². The van der Waals surface area contributed by atoms with Crippen LogP contribution in [0.15, 0.2) is 30.3 Å². The highest BCUT2D eigenvalue weighted by molar-refractivity contribution is 6.08. The highest BCUT2D eigenvalue weighted by Gasteiger charge is 2.93. The monoisotopic (exact) mass is 399 g/mol. The minimum Gasteiger partial charge on any atom is -0.465 e. The Hall–Kier alpha value is -2.88. The summed E-state index contributed by atoms with van der Waals surface area (Å²) in [4.78, 5) is 38.9. The van der Waals surface area contributed by atoms with Crippen LogP contribution in [-0.2, 0) is 28.6 Å². The smallest absolute Gasteiger partial charge is 0.327 e. The van der Waals surface area contributed by atoms with Gasteiger partial charge in [0.2, 0.25) is 0 Å². The van der Waals surface area contributed by atoms with Crippen molar-refractivity contribution in [2.24, 2.45) is 16.2 Å². The fourth-order valence-corrected chi connectivity index (χ4v) is 4.99. The van der Waals surface area contributed by atoms with E-state index in [0.717, 1.165) is 5.56 Å². The Labute approximate surface area is 169 Å². The summed E-state index contributed by atoms with van der Waals surface area (Å²) < 4.78 is 15.6. The minimum absolute atomic E-state index is 0.0351. The van der Waals surface area contributed by atoms with Gasteiger partial charge in [-0.25, -0.2) is 0 Å². The molecule has 2 saturated carbocycles. The van der Waals surface area contributed by atoms with Gasteiger partial charge >= 0.3 is 17.9 Å². The molecule has 7 nitrogen and oxygen atoms in total. The van der Waals surface area contributed by atoms with Gasteiger partial charge in [-0.05, 0) is 39.2 Å². The molecule has 0 bridgehead atoms. The summed E-state index contributed by atoms with van der Waals surface area (Å²) in [6.07, 6.45) is 0.356. The van der Waals surface area contributed by atoms with E-state index in [2.05, 4.69) is 6.07 Å². The third-order valence-electron chi connectivity index (χ3n) is 6.31. The van der Waals surface area contributed by atoms with Crippen LogP contribution in [-0.4, -0.2) is 37.7 Å². The summed E-state index contributed by atoms with van der Waals surface area (Å²) in [5, 5.41) is 10.2. The van der Waals surface area contributed by atoms with E-state index in [1.807, 2.05) is 30.3 Å². The van der Waals surface area contributed by atoms with Crippen LogP contribution in [0, 0.1) is 27.6 Å². The summed E-state index contributed by atoms with van der Waals surface area (Å²) in [5.74, 6) is -2.68. The van der Waals surface area contributed by atoms with E-state index in [1.54, 1.807) is 20.8 Å². The second kappa shape index (κ2) is 7.51. The lowest BCUT2D eigenvalue weighted by molar-refractivity contribution is -0.180. The second-order valence-corrected chi connectivity index (χ2v) is 7.41. The molecule has 0 aliphatic heterocycles. The van der Waals surface area contributed by atoms with Crippen molar-refractivity contribution in [1.82, 2.24) is 0 Å². The SMILES string of the molecule is CCOC(=O)C1(C(=O)OCC)C[C@@]12C[C@@H](c1ccccc1)[C@]2(C#N)C(=O)OCC. The molecule has 0 heterocycles. The van der Waals surface area contributed by atoms with Crippen LogP contribution in [0.2, 0.25) is 0 Å². The molecule has 1 spiro atoms. The van der Waals surface area contributed by atoms with Crippen LogP contribution in [0.5, 0.6) is 0 Å². The van der Waals surface area contributed by atoms with Gasteiger partial charge in [0.05, 0.1) is 25.9 Å². The zero-order valence-electron chi connectivity index (χ0n) is 16.9. The van der Waals surface area contributed by atoms with Crippen LogP contribution in [0.4, 0.5) is 0 Å². The van der Waals surface area contributed by atoms with E-state index >= 15 is 0 Å². The molecule has 2 aliphatic rings. The van der Waals surface area contributed by atoms with E-state index in [0.29, 0.717) is 6.42 Å². The van der Waals surface area contributed by atoms with E-state index in [9.17, 15) is 19.6 Å². The molecule has 0 radical (unpaired) electrons. The molecule has 0 saturated heterocycles. The molecule has 2 aliphatic carbocycles. The number of nitriles is 1. The van der Waals surface area contributed by atoms with Crippen LogP contribution < -0.4 is 0 Å². The maximum Gasteiger partial charge on any atom is 0.327 e. The van der Waals surface area contributed by atoms with Gasteiger partial charge < -0.3 is 14.2 Å². The number of esters is 3. The fraction of sp³-hybridized carbons (Fsp3) is 0.545. The summed E-state index contributed by atoms with van der Waals surface area (Å²) in [6, 6.07) is 11.3. The van der Waals surface area contributed by atoms with Crippen LogP contribution in [0.25, 0.3) is 0 Å². The number of hydrogen-bond donors (Lipinski definition) is 0. The molecule has 29 heavy (non-hydrogen) atoms. The van der Waals surface area contributed by atoms with E-state index < -0.39 is 40.1 Å². The van der Waals surface area contributed by atoms with Gasteiger partial charge in [0.25, 0.3) is 0 Å². The highest BCUT2D eigenvalue weighted by Crippen LogP contribution is 2.85. The van der Waals surface area contributed by atoms with Crippen molar-refractivity contribution in [1.29, 1.82) is 5.26 Å². The minimum atomic E-state index is -1.66. The van der Waals surface area contributed by atoms with E-state index in [4.69, 9.17) is 14.2 Å². The average Bonchev–Trinajstić information content (AvgIpc) is 3.42. The number of hydrogen-bond acceptors (Lipinski definition) is 7. The van der Waals surface area contributed by atoms with Gasteiger partial charge in [-0.2, -0.15) is 5.26 Å². The van der Waals surface area contributed by atoms with Gasteiger partial charge in [-0.3, -0.25) is 14.4 Å². The van der Waals surface area contributed by atoms with Crippen molar-refractivity contribution in [3.05, 3.63) is 35.9 Å². The normalized spacial score (nSPS) is 28.6. The Bertz CT molecular complexity index is 842. The quantitative estimate of drug-likeness (QED) is 0.394. The first-order valence-corrected chi connectivity index (χ1v) is 9.89. The van der Waals surface area contributed by atoms with Crippen LogP contribution >= 0.6 is 0 Å². The van der Waals surface area contributed by atoms with Crippen molar-refractivity contribution >= 4 is 17.9 Å². The van der Waals surface area contributed by atoms with E-state index in [-0.39, 0.29) is 26.2 Å². The van der Waals surface area contributed by atoms with Gasteiger partial charge in [0, 0.05) is 11.3 Å². The Morgan fingerprint density at radius 3 is 1.97 bits per heavy atom. The predicted octanol–water partition coefficient (Wildman–Crippen LogP) is 2.75. The van der Waals surface area contributed by atoms with Crippen molar-refractivity contribution in [2.45, 2.75) is 39.5 Å². The summed E-state index contributed by atoms with van der Waals surface area (Å²) in [6.45, 7) is 5.19. The van der Waals surface area contributed by atoms with Gasteiger partial charge in [-0.1, -0.05) is 30.3 Å². The number of nitrogens with zero attached hydrogens (tertiary/aromatic N) is 1. The molecule has 7 heteroatoms. The first-order chi connectivity index (χ1) is 13.9. The second-order valence-electron chi connectivity index (χ2n) is 7.41. The maximum atomic E-state index is 13.1. The number of carbonyl (C=O) groups excluding carboxylic acids is 3. The molecule has 0 unspecified atom stereocenters. The van der Waals surface area contributed by atoms with Crippen molar-refractivity contribution in [3.63, 3.8) is 0 Å². The van der Waals surface area contributed by atoms with Gasteiger partial charge in [0.15, 0.2) is 10.8 Å². The first-order valence-electron chi connectivity index (χ1n) is 9.89. The zero-order chi connectivity index (χ0) is 21.3. The lowest BCUT2D eigenvalue weighted by atomic mass is 9.46. The highest BCUT2D eigenvalue weighted by atomic mass is 16.6. The van der Waals surface area contributed by atoms with Crippen molar-refractivity contribution in [3.8, 4) is 6.07 Å². The Morgan fingerprint density at radius 1 is 0.966 bits per heavy atom. The molecule has 1 aromatic rings. The lowest BCUT2D eigenvalue weighted by Crippen LogP contribution is -2.59. The Kier molecular flexibility index (Phi) is 5.40. The number of rotatable bonds is 7. The molecule has 0 aromatic heterocycles. The first kappa shape index (κ1) is 20.8. The molecular weight excluding hydrogens is 374 g/mol. The summed E-state index contributed by atoms with van der Waals surface area (Å²) in [7, 11) is 0. The average molecular weight is 399 g/mol. The summed E-state index contributed by atoms with van der Waals surface area (Å²) in [5.41, 5.74) is -3.72. The number of ether oxygens (including phenoxy) is 3. The topological polar surface area (TPSA) is 103 Å². The number of carbonyl (C=O) groups is 3. The standard InChI is InChI=1S/C22H25NO6/c1-4-27-17(24)21(18(25)28-5-2)13-20(21)12-16(15-10-8-7-9-11-15)22(20,14-23)19(26)29-6-3/h7-11,16H,4-6,12-13H2,1-3H3/t16-,20-,22+/m0/s1. The molecular formula is C22H25NO6. The summed E-state index contributed by atoms with van der Waals surface area (Å²) >= 11 is 0. The van der Waals surface area contributed by atoms with Gasteiger partial charge in [0.1, 0.15) is 0 Å². The maximum absolute atomic E-state index is 13.1. The molecule has 1 aromatic carbocycles. The fourth-order valence-electron chi connectivity index (χ4n) is 4.99. The third kappa shape index (κ3) is 2.58. The van der Waals surface area contributed by atoms with Crippen LogP contribution in [0.1, 0.15) is 45.1 Å². The Balaban J connectivity index is 2.12. The molecule has 154 valence electrons.